The Morgan fingerprint density at radius 1 is 1.03 bits per heavy atom. The van der Waals surface area contributed by atoms with Crippen LogP contribution < -0.4 is 0 Å². The van der Waals surface area contributed by atoms with E-state index in [1.165, 1.54) is 68.2 Å². The van der Waals surface area contributed by atoms with Crippen LogP contribution in [-0.2, 0) is 10.2 Å². The summed E-state index contributed by atoms with van der Waals surface area (Å²) in [6.07, 6.45) is 18.0. The normalized spacial score (nSPS) is 27.1. The molecular formula is C29H37NO. The molecular weight excluding hydrogens is 378 g/mol. The second kappa shape index (κ2) is 8.90. The van der Waals surface area contributed by atoms with Crippen LogP contribution in [-0.4, -0.2) is 17.2 Å². The third-order valence-electron chi connectivity index (χ3n) is 8.36. The topological polar surface area (TPSA) is 22.1 Å². The monoisotopic (exact) mass is 415 g/mol. The molecule has 5 rings (SSSR count). The average Bonchev–Trinajstić information content (AvgIpc) is 3.27. The van der Waals surface area contributed by atoms with Crippen molar-refractivity contribution in [2.45, 2.75) is 94.5 Å². The predicted octanol–water partition coefficient (Wildman–Crippen LogP) is 7.59. The highest BCUT2D eigenvalue weighted by Gasteiger charge is 2.48. The van der Waals surface area contributed by atoms with Crippen LogP contribution in [0.15, 0.2) is 54.7 Å². The Balaban J connectivity index is 1.34. The summed E-state index contributed by atoms with van der Waals surface area (Å²) in [7, 11) is 0. The van der Waals surface area contributed by atoms with Gasteiger partial charge in [-0.1, -0.05) is 62.6 Å². The van der Waals surface area contributed by atoms with Gasteiger partial charge in [-0.05, 0) is 86.1 Å². The summed E-state index contributed by atoms with van der Waals surface area (Å²) in [5.74, 6) is 0.660. The first-order chi connectivity index (χ1) is 15.2. The molecule has 1 aromatic carbocycles. The van der Waals surface area contributed by atoms with E-state index in [0.29, 0.717) is 5.92 Å². The van der Waals surface area contributed by atoms with Crippen LogP contribution in [0.1, 0.15) is 100 Å². The van der Waals surface area contributed by atoms with Gasteiger partial charge in [0.2, 0.25) is 0 Å². The minimum atomic E-state index is 0.117. The first-order valence-corrected chi connectivity index (χ1v) is 12.6. The second-order valence-corrected chi connectivity index (χ2v) is 10.2. The molecule has 0 amide bonds. The maximum Gasteiger partial charge on any atom is 0.0691 e. The minimum absolute atomic E-state index is 0.117. The maximum absolute atomic E-state index is 6.43. The van der Waals surface area contributed by atoms with Gasteiger partial charge < -0.3 is 4.74 Å². The lowest BCUT2D eigenvalue weighted by molar-refractivity contribution is -0.105. The summed E-state index contributed by atoms with van der Waals surface area (Å²) in [5, 5.41) is 0. The number of hydrogen-bond donors (Lipinski definition) is 0. The van der Waals surface area contributed by atoms with E-state index >= 15 is 0 Å². The van der Waals surface area contributed by atoms with Gasteiger partial charge in [0.05, 0.1) is 5.60 Å². The Kier molecular flexibility index (Phi) is 6.01. The van der Waals surface area contributed by atoms with Crippen molar-refractivity contribution < 1.29 is 4.74 Å². The molecule has 2 fully saturated rings. The molecule has 3 aliphatic rings. The lowest BCUT2D eigenvalue weighted by Gasteiger charge is -2.46. The Labute approximate surface area is 188 Å². The number of hydrogen-bond acceptors (Lipinski definition) is 2. The van der Waals surface area contributed by atoms with Crippen molar-refractivity contribution in [1.82, 2.24) is 4.98 Å². The summed E-state index contributed by atoms with van der Waals surface area (Å²) in [6.45, 7) is 3.18. The first kappa shape index (κ1) is 20.9. The highest BCUT2D eigenvalue weighted by atomic mass is 16.5. The Morgan fingerprint density at radius 3 is 2.68 bits per heavy atom. The highest BCUT2D eigenvalue weighted by molar-refractivity contribution is 5.70. The zero-order valence-electron chi connectivity index (χ0n) is 19.1. The molecule has 164 valence electrons. The molecule has 0 bridgehead atoms. The molecule has 1 aliphatic heterocycles. The van der Waals surface area contributed by atoms with Gasteiger partial charge in [-0.2, -0.15) is 0 Å². The Bertz CT molecular complexity index is 911. The molecule has 2 heterocycles. The van der Waals surface area contributed by atoms with Crippen molar-refractivity contribution in [2.75, 3.05) is 6.61 Å². The molecule has 1 spiro atoms. The zero-order valence-corrected chi connectivity index (χ0v) is 19.1. The SMILES string of the molecule is CCC1=CC[C@H](CCC[C@@]2(c3ccccn3)CCOC3(CCCC3)C2)c2ccccc21. The summed E-state index contributed by atoms with van der Waals surface area (Å²) >= 11 is 0. The van der Waals surface area contributed by atoms with Gasteiger partial charge in [0, 0.05) is 23.9 Å². The van der Waals surface area contributed by atoms with Gasteiger partial charge in [-0.25, -0.2) is 0 Å². The van der Waals surface area contributed by atoms with Gasteiger partial charge in [-0.15, -0.1) is 0 Å². The lowest BCUT2D eigenvalue weighted by Crippen LogP contribution is -2.46. The summed E-state index contributed by atoms with van der Waals surface area (Å²) in [4.78, 5) is 4.89. The fraction of sp³-hybridized carbons (Fsp3) is 0.552. The number of aromatic nitrogens is 1. The number of fused-ring (bicyclic) bond motifs is 1. The van der Waals surface area contributed by atoms with E-state index in [-0.39, 0.29) is 11.0 Å². The van der Waals surface area contributed by atoms with Gasteiger partial charge in [0.25, 0.3) is 0 Å². The molecule has 2 atom stereocenters. The standard InChI is InChI=1S/C29H37NO/c1-2-23-14-15-24(26-12-4-3-11-25(23)26)10-9-16-28(27-13-5-8-20-30-27)19-21-31-29(22-28)17-6-7-18-29/h3-5,8,11-14,20,24H,2,6-7,9-10,15-19,21-22H2,1H3/t24-,28+/m0/s1. The molecule has 31 heavy (non-hydrogen) atoms. The van der Waals surface area contributed by atoms with Crippen molar-refractivity contribution in [3.63, 3.8) is 0 Å². The largest absolute Gasteiger partial charge is 0.375 e. The molecule has 2 aliphatic carbocycles. The molecule has 1 saturated heterocycles. The molecule has 1 saturated carbocycles. The smallest absolute Gasteiger partial charge is 0.0691 e. The van der Waals surface area contributed by atoms with Crippen LogP contribution in [0.3, 0.4) is 0 Å². The summed E-state index contributed by atoms with van der Waals surface area (Å²) in [5.41, 5.74) is 6.21. The van der Waals surface area contributed by atoms with Crippen LogP contribution in [0.2, 0.25) is 0 Å². The van der Waals surface area contributed by atoms with E-state index in [4.69, 9.17) is 9.72 Å². The highest BCUT2D eigenvalue weighted by Crippen LogP contribution is 2.51. The Morgan fingerprint density at radius 2 is 1.87 bits per heavy atom. The quantitative estimate of drug-likeness (QED) is 0.485. The number of benzene rings is 1. The average molecular weight is 416 g/mol. The van der Waals surface area contributed by atoms with Gasteiger partial charge in [0.1, 0.15) is 0 Å². The van der Waals surface area contributed by atoms with Crippen LogP contribution in [0.5, 0.6) is 0 Å². The van der Waals surface area contributed by atoms with E-state index in [1.807, 2.05) is 6.20 Å². The van der Waals surface area contributed by atoms with Crippen molar-refractivity contribution in [1.29, 1.82) is 0 Å². The number of allylic oxidation sites excluding steroid dienone is 2. The number of nitrogens with zero attached hydrogens (tertiary/aromatic N) is 1. The van der Waals surface area contributed by atoms with E-state index in [0.717, 1.165) is 25.9 Å². The molecule has 0 radical (unpaired) electrons. The number of rotatable bonds is 6. The molecule has 2 aromatic rings. The van der Waals surface area contributed by atoms with Crippen LogP contribution >= 0.6 is 0 Å². The maximum atomic E-state index is 6.43. The predicted molar refractivity (Wildman–Crippen MR) is 128 cm³/mol. The van der Waals surface area contributed by atoms with Gasteiger partial charge in [-0.3, -0.25) is 4.98 Å². The first-order valence-electron chi connectivity index (χ1n) is 12.6. The third kappa shape index (κ3) is 4.12. The zero-order chi connectivity index (χ0) is 21.2. The van der Waals surface area contributed by atoms with Crippen molar-refractivity contribution in [3.05, 3.63) is 71.6 Å². The Hall–Kier alpha value is -1.93. The van der Waals surface area contributed by atoms with Crippen molar-refractivity contribution in [3.8, 4) is 0 Å². The van der Waals surface area contributed by atoms with Crippen molar-refractivity contribution in [2.24, 2.45) is 0 Å². The van der Waals surface area contributed by atoms with E-state index < -0.39 is 0 Å². The molecule has 1 aromatic heterocycles. The third-order valence-corrected chi connectivity index (χ3v) is 8.36. The molecule has 2 nitrogen and oxygen atoms in total. The van der Waals surface area contributed by atoms with E-state index in [1.54, 1.807) is 5.56 Å². The molecule has 2 heteroatoms. The lowest BCUT2D eigenvalue weighted by atomic mass is 9.66. The van der Waals surface area contributed by atoms with E-state index in [2.05, 4.69) is 55.5 Å². The summed E-state index contributed by atoms with van der Waals surface area (Å²) < 4.78 is 6.43. The molecule has 0 unspecified atom stereocenters. The van der Waals surface area contributed by atoms with Gasteiger partial charge in [0.15, 0.2) is 0 Å². The molecule has 0 N–H and O–H groups in total. The second-order valence-electron chi connectivity index (χ2n) is 10.2. The fourth-order valence-corrected chi connectivity index (χ4v) is 6.76. The summed E-state index contributed by atoms with van der Waals surface area (Å²) in [6, 6.07) is 15.6. The number of pyridine rings is 1. The van der Waals surface area contributed by atoms with Crippen LogP contribution in [0.4, 0.5) is 0 Å². The van der Waals surface area contributed by atoms with Crippen LogP contribution in [0.25, 0.3) is 5.57 Å². The fourth-order valence-electron chi connectivity index (χ4n) is 6.76. The van der Waals surface area contributed by atoms with Crippen molar-refractivity contribution >= 4 is 5.57 Å². The minimum Gasteiger partial charge on any atom is -0.375 e. The van der Waals surface area contributed by atoms with E-state index in [9.17, 15) is 0 Å². The number of ether oxygens (including phenoxy) is 1. The van der Waals surface area contributed by atoms with Crippen LogP contribution in [0, 0.1) is 0 Å². The van der Waals surface area contributed by atoms with Gasteiger partial charge >= 0.3 is 0 Å².